The van der Waals surface area contributed by atoms with Crippen LogP contribution in [0.15, 0.2) is 188 Å². The summed E-state index contributed by atoms with van der Waals surface area (Å²) in [6.45, 7) is 0. The van der Waals surface area contributed by atoms with Gasteiger partial charge in [-0.05, 0) is 69.8 Å². The molecule has 0 bridgehead atoms. The van der Waals surface area contributed by atoms with Gasteiger partial charge in [-0.2, -0.15) is 0 Å². The summed E-state index contributed by atoms with van der Waals surface area (Å²) in [6.07, 6.45) is 0. The highest BCUT2D eigenvalue weighted by molar-refractivity contribution is 7.26. The Bertz CT molecular complexity index is 2610. The van der Waals surface area contributed by atoms with E-state index in [1.54, 1.807) is 0 Å². The maximum Gasteiger partial charge on any atom is 0.0713 e. The second kappa shape index (κ2) is 11.1. The van der Waals surface area contributed by atoms with Crippen molar-refractivity contribution in [1.82, 2.24) is 0 Å². The van der Waals surface area contributed by atoms with Crippen molar-refractivity contribution in [2.45, 2.75) is 5.41 Å². The largest absolute Gasteiger partial charge is 0.310 e. The van der Waals surface area contributed by atoms with Crippen LogP contribution in [0.4, 0.5) is 17.1 Å². The van der Waals surface area contributed by atoms with Crippen LogP contribution in [0, 0.1) is 0 Å². The lowest BCUT2D eigenvalue weighted by molar-refractivity contribution is 0.768. The number of anilines is 3. The van der Waals surface area contributed by atoms with Crippen LogP contribution in [-0.2, 0) is 5.41 Å². The van der Waals surface area contributed by atoms with Gasteiger partial charge in [-0.15, -0.1) is 11.3 Å². The minimum Gasteiger partial charge on any atom is -0.310 e. The van der Waals surface area contributed by atoms with Crippen molar-refractivity contribution >= 4 is 59.3 Å². The van der Waals surface area contributed by atoms with Crippen molar-refractivity contribution in [3.63, 3.8) is 0 Å². The minimum absolute atomic E-state index is 0.425. The Kier molecular flexibility index (Phi) is 6.34. The molecule has 0 radical (unpaired) electrons. The van der Waals surface area contributed by atoms with Crippen LogP contribution in [0.3, 0.4) is 0 Å². The maximum atomic E-state index is 2.43. The van der Waals surface area contributed by atoms with Gasteiger partial charge >= 0.3 is 0 Å². The van der Waals surface area contributed by atoms with Gasteiger partial charge in [0, 0.05) is 42.3 Å². The van der Waals surface area contributed by atoms with Crippen LogP contribution in [0.2, 0.25) is 0 Å². The van der Waals surface area contributed by atoms with E-state index in [1.807, 2.05) is 11.3 Å². The molecule has 1 aliphatic rings. The van der Waals surface area contributed by atoms with Gasteiger partial charge in [0.15, 0.2) is 0 Å². The van der Waals surface area contributed by atoms with Gasteiger partial charge in [0.2, 0.25) is 0 Å². The molecule has 1 aromatic heterocycles. The first-order chi connectivity index (χ1) is 24.3. The number of hydrogen-bond donors (Lipinski definition) is 0. The second-order valence-electron chi connectivity index (χ2n) is 12.8. The van der Waals surface area contributed by atoms with Crippen molar-refractivity contribution < 1.29 is 0 Å². The van der Waals surface area contributed by atoms with E-state index in [2.05, 4.69) is 193 Å². The highest BCUT2D eigenvalue weighted by Crippen LogP contribution is 2.56. The fourth-order valence-corrected chi connectivity index (χ4v) is 9.51. The first-order valence-electron chi connectivity index (χ1n) is 16.9. The van der Waals surface area contributed by atoms with Crippen LogP contribution >= 0.6 is 11.3 Å². The summed E-state index contributed by atoms with van der Waals surface area (Å²) in [6, 6.07) is 69.1. The molecule has 10 rings (SSSR count). The lowest BCUT2D eigenvalue weighted by Crippen LogP contribution is -2.28. The number of benzene rings is 8. The third-order valence-electron chi connectivity index (χ3n) is 10.3. The maximum absolute atomic E-state index is 2.43. The van der Waals surface area contributed by atoms with Crippen LogP contribution in [0.25, 0.3) is 42.1 Å². The fraction of sp³-hybridized carbons (Fsp3) is 0.0213. The van der Waals surface area contributed by atoms with Crippen molar-refractivity contribution in [3.05, 3.63) is 210 Å². The van der Waals surface area contributed by atoms with Crippen molar-refractivity contribution in [2.24, 2.45) is 0 Å². The predicted octanol–water partition coefficient (Wildman–Crippen LogP) is 13.0. The summed E-state index contributed by atoms with van der Waals surface area (Å²) in [5.41, 5.74) is 10.8. The van der Waals surface area contributed by atoms with E-state index >= 15 is 0 Å². The molecule has 0 spiro atoms. The van der Waals surface area contributed by atoms with Gasteiger partial charge in [-0.3, -0.25) is 0 Å². The Morgan fingerprint density at radius 1 is 0.388 bits per heavy atom. The molecule has 0 amide bonds. The summed E-state index contributed by atoms with van der Waals surface area (Å²) in [5.74, 6) is 0. The van der Waals surface area contributed by atoms with E-state index < -0.39 is 5.41 Å². The standard InChI is InChI=1S/C47H31NS/c1-3-15-32(16-4-1)47(42-24-12-9-19-36(42)37-20-10-13-25-43(37)47)33-27-29-35(30-28-33)48(34-17-5-2-6-18-34)44-31-41-39-22-11-14-26-45(39)49-46(41)40-23-8-7-21-38(40)44/h1-31H. The van der Waals surface area contributed by atoms with Gasteiger partial charge in [0.1, 0.15) is 0 Å². The summed E-state index contributed by atoms with van der Waals surface area (Å²) in [5, 5.41) is 5.14. The topological polar surface area (TPSA) is 3.24 Å². The monoisotopic (exact) mass is 641 g/mol. The van der Waals surface area contributed by atoms with E-state index in [-0.39, 0.29) is 0 Å². The third-order valence-corrected chi connectivity index (χ3v) is 11.6. The molecular weight excluding hydrogens is 611 g/mol. The molecule has 1 nitrogen and oxygen atoms in total. The normalized spacial score (nSPS) is 13.1. The van der Waals surface area contributed by atoms with E-state index in [1.165, 1.54) is 70.0 Å². The number of rotatable bonds is 5. The molecule has 8 aromatic carbocycles. The molecule has 0 unspecified atom stereocenters. The van der Waals surface area contributed by atoms with E-state index in [9.17, 15) is 0 Å². The molecule has 1 heterocycles. The quantitative estimate of drug-likeness (QED) is 0.181. The smallest absolute Gasteiger partial charge is 0.0713 e. The summed E-state index contributed by atoms with van der Waals surface area (Å²) in [7, 11) is 0. The van der Waals surface area contributed by atoms with E-state index in [0.717, 1.165) is 11.4 Å². The summed E-state index contributed by atoms with van der Waals surface area (Å²) < 4.78 is 2.66. The molecule has 0 saturated heterocycles. The zero-order chi connectivity index (χ0) is 32.4. The molecule has 2 heteroatoms. The number of nitrogens with zero attached hydrogens (tertiary/aromatic N) is 1. The molecule has 0 atom stereocenters. The van der Waals surface area contributed by atoms with Gasteiger partial charge in [0.25, 0.3) is 0 Å². The number of hydrogen-bond acceptors (Lipinski definition) is 2. The Balaban J connectivity index is 1.22. The fourth-order valence-electron chi connectivity index (χ4n) is 8.29. The van der Waals surface area contributed by atoms with Gasteiger partial charge in [-0.1, -0.05) is 152 Å². The van der Waals surface area contributed by atoms with Crippen molar-refractivity contribution in [2.75, 3.05) is 4.90 Å². The first-order valence-corrected chi connectivity index (χ1v) is 17.7. The molecule has 0 fully saturated rings. The average Bonchev–Trinajstić information content (AvgIpc) is 3.70. The molecule has 0 aliphatic heterocycles. The minimum atomic E-state index is -0.425. The van der Waals surface area contributed by atoms with Crippen molar-refractivity contribution in [1.29, 1.82) is 0 Å². The number of fused-ring (bicyclic) bond motifs is 8. The Morgan fingerprint density at radius 3 is 1.59 bits per heavy atom. The molecule has 0 saturated carbocycles. The Hall–Kier alpha value is -5.96. The van der Waals surface area contributed by atoms with E-state index in [4.69, 9.17) is 0 Å². The Morgan fingerprint density at radius 2 is 0.898 bits per heavy atom. The average molecular weight is 642 g/mol. The van der Waals surface area contributed by atoms with Crippen LogP contribution < -0.4 is 4.90 Å². The molecule has 1 aliphatic carbocycles. The third kappa shape index (κ3) is 4.11. The highest BCUT2D eigenvalue weighted by Gasteiger charge is 2.45. The molecule has 230 valence electrons. The molecule has 9 aromatic rings. The van der Waals surface area contributed by atoms with Crippen LogP contribution in [-0.4, -0.2) is 0 Å². The summed E-state index contributed by atoms with van der Waals surface area (Å²) >= 11 is 1.89. The zero-order valence-corrected chi connectivity index (χ0v) is 27.6. The Labute approximate surface area is 290 Å². The zero-order valence-electron chi connectivity index (χ0n) is 26.8. The number of para-hydroxylation sites is 1. The van der Waals surface area contributed by atoms with E-state index in [0.29, 0.717) is 0 Å². The van der Waals surface area contributed by atoms with Gasteiger partial charge in [0.05, 0.1) is 11.1 Å². The van der Waals surface area contributed by atoms with Gasteiger partial charge in [-0.25, -0.2) is 0 Å². The van der Waals surface area contributed by atoms with Crippen molar-refractivity contribution in [3.8, 4) is 11.1 Å². The lowest BCUT2D eigenvalue weighted by Gasteiger charge is -2.34. The SMILES string of the molecule is c1ccc(N(c2ccc(C3(c4ccccc4)c4ccccc4-c4ccccc43)cc2)c2cc3c4ccccc4sc3c3ccccc23)cc1. The predicted molar refractivity (Wildman–Crippen MR) is 209 cm³/mol. The molecule has 0 N–H and O–H groups in total. The summed E-state index contributed by atoms with van der Waals surface area (Å²) in [4.78, 5) is 2.43. The molecular formula is C47H31NS. The van der Waals surface area contributed by atoms with Gasteiger partial charge < -0.3 is 4.90 Å². The second-order valence-corrected chi connectivity index (χ2v) is 13.9. The number of thiophene rings is 1. The highest BCUT2D eigenvalue weighted by atomic mass is 32.1. The lowest BCUT2D eigenvalue weighted by atomic mass is 9.68. The molecule has 49 heavy (non-hydrogen) atoms. The van der Waals surface area contributed by atoms with Crippen LogP contribution in [0.1, 0.15) is 22.3 Å². The van der Waals surface area contributed by atoms with Crippen LogP contribution in [0.5, 0.6) is 0 Å². The first kappa shape index (κ1) is 28.1.